The summed E-state index contributed by atoms with van der Waals surface area (Å²) in [6.45, 7) is 6.52. The van der Waals surface area contributed by atoms with Gasteiger partial charge < -0.3 is 10.2 Å². The van der Waals surface area contributed by atoms with Crippen LogP contribution in [-0.2, 0) is 0 Å². The van der Waals surface area contributed by atoms with Crippen LogP contribution in [0, 0.1) is 5.92 Å². The highest BCUT2D eigenvalue weighted by Gasteiger charge is 2.18. The molecule has 4 nitrogen and oxygen atoms in total. The molecule has 16 heavy (non-hydrogen) atoms. The van der Waals surface area contributed by atoms with E-state index in [9.17, 15) is 0 Å². The fourth-order valence-corrected chi connectivity index (χ4v) is 2.27. The van der Waals surface area contributed by atoms with Gasteiger partial charge in [0.15, 0.2) is 6.04 Å². The Labute approximate surface area is 101 Å². The van der Waals surface area contributed by atoms with Crippen molar-refractivity contribution in [1.82, 2.24) is 10.2 Å². The lowest BCUT2D eigenvalue weighted by atomic mass is 10.1. The van der Waals surface area contributed by atoms with Gasteiger partial charge in [0, 0.05) is 12.2 Å². The van der Waals surface area contributed by atoms with E-state index >= 15 is 0 Å². The van der Waals surface area contributed by atoms with E-state index in [0.29, 0.717) is 17.0 Å². The second-order valence-electron chi connectivity index (χ2n) is 4.43. The molecule has 0 aromatic carbocycles. The maximum absolute atomic E-state index is 5.57. The van der Waals surface area contributed by atoms with Crippen molar-refractivity contribution < 1.29 is 10.2 Å². The smallest absolute Gasteiger partial charge is 0.276 e. The summed E-state index contributed by atoms with van der Waals surface area (Å²) in [7, 11) is 0. The van der Waals surface area contributed by atoms with Crippen LogP contribution in [-0.4, -0.2) is 16.0 Å². The zero-order chi connectivity index (χ0) is 12.0. The second-order valence-corrected chi connectivity index (χ2v) is 5.48. The standard InChI is InChI=1S/C11H21N3OS/c1-4-5-6-16-11-14-13-10(15-11)9(12)7-8(2)3/h8-9H,4-7,12H2,1-3H3/p+1/t9-/m0/s1. The van der Waals surface area contributed by atoms with Crippen molar-refractivity contribution in [2.45, 2.75) is 51.3 Å². The van der Waals surface area contributed by atoms with E-state index in [4.69, 9.17) is 4.42 Å². The molecule has 0 aliphatic rings. The van der Waals surface area contributed by atoms with Gasteiger partial charge in [-0.25, -0.2) is 0 Å². The normalized spacial score (nSPS) is 13.3. The van der Waals surface area contributed by atoms with Gasteiger partial charge in [-0.2, -0.15) is 0 Å². The van der Waals surface area contributed by atoms with Crippen LogP contribution < -0.4 is 5.73 Å². The summed E-state index contributed by atoms with van der Waals surface area (Å²) >= 11 is 1.63. The summed E-state index contributed by atoms with van der Waals surface area (Å²) in [5.41, 5.74) is 4.05. The summed E-state index contributed by atoms with van der Waals surface area (Å²) in [6.07, 6.45) is 3.36. The van der Waals surface area contributed by atoms with E-state index in [1.165, 1.54) is 12.8 Å². The highest BCUT2D eigenvalue weighted by atomic mass is 32.2. The van der Waals surface area contributed by atoms with Crippen molar-refractivity contribution in [1.29, 1.82) is 0 Å². The summed E-state index contributed by atoms with van der Waals surface area (Å²) in [6, 6.07) is 0.119. The van der Waals surface area contributed by atoms with Crippen LogP contribution in [0.5, 0.6) is 0 Å². The van der Waals surface area contributed by atoms with Gasteiger partial charge in [-0.05, 0) is 12.3 Å². The minimum Gasteiger partial charge on any atom is -0.410 e. The van der Waals surface area contributed by atoms with Gasteiger partial charge >= 0.3 is 0 Å². The number of nitrogens with zero attached hydrogens (tertiary/aromatic N) is 2. The third kappa shape index (κ3) is 4.53. The molecule has 0 amide bonds. The number of hydrogen-bond acceptors (Lipinski definition) is 4. The Kier molecular flexibility index (Phi) is 5.84. The predicted octanol–water partition coefficient (Wildman–Crippen LogP) is 2.29. The Bertz CT molecular complexity index is 301. The molecule has 92 valence electrons. The predicted molar refractivity (Wildman–Crippen MR) is 65.0 cm³/mol. The van der Waals surface area contributed by atoms with Crippen molar-refractivity contribution >= 4 is 11.8 Å². The van der Waals surface area contributed by atoms with Crippen LogP contribution in [0.2, 0.25) is 0 Å². The number of aromatic nitrogens is 2. The summed E-state index contributed by atoms with van der Waals surface area (Å²) in [5, 5.41) is 8.75. The molecule has 0 saturated carbocycles. The first-order valence-electron chi connectivity index (χ1n) is 5.92. The number of quaternary nitrogens is 1. The molecule has 1 rings (SSSR count). The van der Waals surface area contributed by atoms with Gasteiger partial charge in [-0.1, -0.05) is 39.0 Å². The van der Waals surface area contributed by atoms with Gasteiger partial charge in [-0.15, -0.1) is 10.2 Å². The first-order chi connectivity index (χ1) is 7.63. The van der Waals surface area contributed by atoms with Crippen LogP contribution >= 0.6 is 11.8 Å². The number of hydrogen-bond donors (Lipinski definition) is 1. The maximum atomic E-state index is 5.57. The Morgan fingerprint density at radius 2 is 2.12 bits per heavy atom. The summed E-state index contributed by atoms with van der Waals surface area (Å²) in [4.78, 5) is 0. The van der Waals surface area contributed by atoms with Crippen LogP contribution in [0.1, 0.15) is 52.0 Å². The maximum Gasteiger partial charge on any atom is 0.276 e. The van der Waals surface area contributed by atoms with Crippen molar-refractivity contribution in [3.63, 3.8) is 0 Å². The Morgan fingerprint density at radius 3 is 2.75 bits per heavy atom. The largest absolute Gasteiger partial charge is 0.410 e. The van der Waals surface area contributed by atoms with E-state index in [0.717, 1.165) is 12.2 Å². The van der Waals surface area contributed by atoms with E-state index in [2.05, 4.69) is 36.7 Å². The van der Waals surface area contributed by atoms with Crippen LogP contribution in [0.3, 0.4) is 0 Å². The van der Waals surface area contributed by atoms with Crippen molar-refractivity contribution in [2.75, 3.05) is 5.75 Å². The van der Waals surface area contributed by atoms with Gasteiger partial charge in [0.05, 0.1) is 0 Å². The van der Waals surface area contributed by atoms with E-state index in [1.807, 2.05) is 0 Å². The molecule has 0 saturated heterocycles. The van der Waals surface area contributed by atoms with Crippen molar-refractivity contribution in [2.24, 2.45) is 5.92 Å². The number of rotatable bonds is 7. The highest BCUT2D eigenvalue weighted by molar-refractivity contribution is 7.99. The van der Waals surface area contributed by atoms with Crippen LogP contribution in [0.15, 0.2) is 9.64 Å². The fourth-order valence-electron chi connectivity index (χ4n) is 1.42. The molecule has 0 spiro atoms. The Balaban J connectivity index is 2.44. The molecule has 0 radical (unpaired) electrons. The summed E-state index contributed by atoms with van der Waals surface area (Å²) < 4.78 is 5.57. The molecular formula is C11H22N3OS+. The minimum atomic E-state index is 0.119. The first-order valence-corrected chi connectivity index (χ1v) is 6.91. The average molecular weight is 244 g/mol. The van der Waals surface area contributed by atoms with Gasteiger partial charge in [-0.3, -0.25) is 0 Å². The van der Waals surface area contributed by atoms with Gasteiger partial charge in [0.1, 0.15) is 0 Å². The zero-order valence-corrected chi connectivity index (χ0v) is 11.2. The Hall–Kier alpha value is -0.550. The van der Waals surface area contributed by atoms with Gasteiger partial charge in [0.2, 0.25) is 0 Å². The molecule has 0 unspecified atom stereocenters. The molecule has 0 bridgehead atoms. The first kappa shape index (κ1) is 13.5. The minimum absolute atomic E-state index is 0.119. The number of thioether (sulfide) groups is 1. The third-order valence-corrected chi connectivity index (χ3v) is 3.16. The topological polar surface area (TPSA) is 66.6 Å². The molecule has 0 aliphatic carbocycles. The van der Waals surface area contributed by atoms with Crippen LogP contribution in [0.25, 0.3) is 0 Å². The third-order valence-electron chi connectivity index (χ3n) is 2.25. The molecule has 1 heterocycles. The molecule has 0 fully saturated rings. The SMILES string of the molecule is CCCCSc1nnc([C@@H]([NH3+])CC(C)C)o1. The molecule has 3 N–H and O–H groups in total. The summed E-state index contributed by atoms with van der Waals surface area (Å²) in [5.74, 6) is 2.32. The Morgan fingerprint density at radius 1 is 1.38 bits per heavy atom. The number of unbranched alkanes of at least 4 members (excludes halogenated alkanes) is 1. The monoisotopic (exact) mass is 244 g/mol. The lowest BCUT2D eigenvalue weighted by Gasteiger charge is -2.05. The lowest BCUT2D eigenvalue weighted by molar-refractivity contribution is -0.435. The molecular weight excluding hydrogens is 222 g/mol. The highest BCUT2D eigenvalue weighted by Crippen LogP contribution is 2.21. The molecule has 1 atom stereocenters. The van der Waals surface area contributed by atoms with E-state index in [1.54, 1.807) is 11.8 Å². The zero-order valence-electron chi connectivity index (χ0n) is 10.4. The van der Waals surface area contributed by atoms with E-state index in [-0.39, 0.29) is 6.04 Å². The van der Waals surface area contributed by atoms with Crippen LogP contribution in [0.4, 0.5) is 0 Å². The molecule has 5 heteroatoms. The molecule has 1 aromatic heterocycles. The van der Waals surface area contributed by atoms with E-state index < -0.39 is 0 Å². The quantitative estimate of drug-likeness (QED) is 0.590. The second kappa shape index (κ2) is 6.91. The van der Waals surface area contributed by atoms with Gasteiger partial charge in [0.25, 0.3) is 11.1 Å². The average Bonchev–Trinajstić information content (AvgIpc) is 2.66. The molecule has 0 aliphatic heterocycles. The van der Waals surface area contributed by atoms with Crippen molar-refractivity contribution in [3.05, 3.63) is 5.89 Å². The fraction of sp³-hybridized carbons (Fsp3) is 0.818. The molecule has 1 aromatic rings. The lowest BCUT2D eigenvalue weighted by Crippen LogP contribution is -2.54. The van der Waals surface area contributed by atoms with Crippen molar-refractivity contribution in [3.8, 4) is 0 Å².